The van der Waals surface area contributed by atoms with E-state index in [1.807, 2.05) is 37.3 Å². The van der Waals surface area contributed by atoms with Gasteiger partial charge in [0.05, 0.1) is 31.6 Å². The van der Waals surface area contributed by atoms with Crippen molar-refractivity contribution in [2.75, 3.05) is 26.9 Å². The summed E-state index contributed by atoms with van der Waals surface area (Å²) in [6, 6.07) is 9.27. The van der Waals surface area contributed by atoms with Crippen LogP contribution < -0.4 is 15.4 Å². The van der Waals surface area contributed by atoms with Crippen LogP contribution in [0.25, 0.3) is 11.3 Å². The lowest BCUT2D eigenvalue weighted by molar-refractivity contribution is -0.0678. The van der Waals surface area contributed by atoms with Crippen molar-refractivity contribution >= 4 is 6.03 Å². The molecule has 0 atom stereocenters. The molecule has 7 nitrogen and oxygen atoms in total. The lowest BCUT2D eigenvalue weighted by atomic mass is 9.91. The Morgan fingerprint density at radius 3 is 2.67 bits per heavy atom. The maximum atomic E-state index is 11.8. The number of urea groups is 1. The van der Waals surface area contributed by atoms with Crippen molar-refractivity contribution in [2.24, 2.45) is 0 Å². The van der Waals surface area contributed by atoms with Crippen LogP contribution in [0, 0.1) is 0 Å². The van der Waals surface area contributed by atoms with Crippen LogP contribution in [-0.2, 0) is 11.2 Å². The summed E-state index contributed by atoms with van der Waals surface area (Å²) < 4.78 is 15.9. The summed E-state index contributed by atoms with van der Waals surface area (Å²) in [5, 5.41) is 9.83. The number of amides is 2. The van der Waals surface area contributed by atoms with Gasteiger partial charge < -0.3 is 24.6 Å². The van der Waals surface area contributed by atoms with Crippen LogP contribution in [-0.4, -0.2) is 43.6 Å². The number of benzene rings is 1. The van der Waals surface area contributed by atoms with E-state index in [1.165, 1.54) is 0 Å². The molecule has 24 heavy (non-hydrogen) atoms. The number of carbonyl (C=O) groups excluding carboxylic acids is 1. The second-order valence-electron chi connectivity index (χ2n) is 5.85. The molecular weight excluding hydrogens is 310 g/mol. The fourth-order valence-corrected chi connectivity index (χ4v) is 2.65. The van der Waals surface area contributed by atoms with Crippen LogP contribution in [0.15, 0.2) is 34.9 Å². The first-order chi connectivity index (χ1) is 11.6. The SMILES string of the molecule is CCNC(=O)NC1(Cc2cc(-c3ccc(OC)cc3)on2)COC1. The molecule has 0 aliphatic carbocycles. The molecule has 0 saturated carbocycles. The molecular formula is C17H21N3O4. The molecule has 3 rings (SSSR count). The zero-order valence-corrected chi connectivity index (χ0v) is 13.8. The first-order valence-electron chi connectivity index (χ1n) is 7.88. The summed E-state index contributed by atoms with van der Waals surface area (Å²) in [6.45, 7) is 3.39. The van der Waals surface area contributed by atoms with Crippen molar-refractivity contribution in [3.8, 4) is 17.1 Å². The predicted octanol–water partition coefficient (Wildman–Crippen LogP) is 1.98. The summed E-state index contributed by atoms with van der Waals surface area (Å²) in [5.74, 6) is 1.47. The van der Waals surface area contributed by atoms with E-state index < -0.39 is 5.54 Å². The van der Waals surface area contributed by atoms with Gasteiger partial charge in [0, 0.05) is 24.6 Å². The van der Waals surface area contributed by atoms with Crippen LogP contribution in [0.4, 0.5) is 4.79 Å². The number of aromatic nitrogens is 1. The lowest BCUT2D eigenvalue weighted by Crippen LogP contribution is -2.65. The fraction of sp³-hybridized carbons (Fsp3) is 0.412. The summed E-state index contributed by atoms with van der Waals surface area (Å²) in [6.07, 6.45) is 0.559. The Bertz CT molecular complexity index is 692. The monoisotopic (exact) mass is 331 g/mol. The highest BCUT2D eigenvalue weighted by Gasteiger charge is 2.41. The summed E-state index contributed by atoms with van der Waals surface area (Å²) in [4.78, 5) is 11.8. The average molecular weight is 331 g/mol. The van der Waals surface area contributed by atoms with Crippen molar-refractivity contribution in [3.05, 3.63) is 36.0 Å². The van der Waals surface area contributed by atoms with Gasteiger partial charge in [-0.1, -0.05) is 5.16 Å². The summed E-state index contributed by atoms with van der Waals surface area (Å²) >= 11 is 0. The molecule has 1 aromatic carbocycles. The van der Waals surface area contributed by atoms with Gasteiger partial charge in [0.2, 0.25) is 0 Å². The van der Waals surface area contributed by atoms with Crippen molar-refractivity contribution in [1.29, 1.82) is 0 Å². The van der Waals surface area contributed by atoms with Gasteiger partial charge in [-0.15, -0.1) is 0 Å². The molecule has 0 spiro atoms. The molecule has 7 heteroatoms. The maximum Gasteiger partial charge on any atom is 0.315 e. The minimum atomic E-state index is -0.423. The van der Waals surface area contributed by atoms with Gasteiger partial charge in [0.15, 0.2) is 5.76 Å². The first kappa shape index (κ1) is 16.3. The molecule has 2 aromatic rings. The molecule has 1 saturated heterocycles. The molecule has 0 unspecified atom stereocenters. The van der Waals surface area contributed by atoms with Crippen LogP contribution >= 0.6 is 0 Å². The van der Waals surface area contributed by atoms with Crippen LogP contribution in [0.1, 0.15) is 12.6 Å². The molecule has 0 bridgehead atoms. The van der Waals surface area contributed by atoms with Crippen molar-refractivity contribution < 1.29 is 18.8 Å². The minimum absolute atomic E-state index is 0.195. The topological polar surface area (TPSA) is 85.6 Å². The Morgan fingerprint density at radius 1 is 1.33 bits per heavy atom. The highest BCUT2D eigenvalue weighted by molar-refractivity contribution is 5.75. The molecule has 1 aliphatic heterocycles. The molecule has 2 heterocycles. The third-order valence-electron chi connectivity index (χ3n) is 3.93. The van der Waals surface area contributed by atoms with Crippen molar-refractivity contribution in [3.63, 3.8) is 0 Å². The lowest BCUT2D eigenvalue weighted by Gasteiger charge is -2.41. The smallest absolute Gasteiger partial charge is 0.315 e. The van der Waals surface area contributed by atoms with Crippen LogP contribution in [0.5, 0.6) is 5.75 Å². The van der Waals surface area contributed by atoms with Gasteiger partial charge in [0.1, 0.15) is 5.75 Å². The molecule has 128 valence electrons. The van der Waals surface area contributed by atoms with Gasteiger partial charge in [0.25, 0.3) is 0 Å². The highest BCUT2D eigenvalue weighted by Crippen LogP contribution is 2.27. The van der Waals surface area contributed by atoms with Gasteiger partial charge >= 0.3 is 6.03 Å². The summed E-state index contributed by atoms with van der Waals surface area (Å²) in [7, 11) is 1.63. The van der Waals surface area contributed by atoms with Crippen LogP contribution in [0.2, 0.25) is 0 Å². The number of hydrogen-bond acceptors (Lipinski definition) is 5. The molecule has 1 aromatic heterocycles. The van der Waals surface area contributed by atoms with Crippen molar-refractivity contribution in [2.45, 2.75) is 18.9 Å². The number of methoxy groups -OCH3 is 1. The molecule has 2 amide bonds. The Hall–Kier alpha value is -2.54. The van der Waals surface area contributed by atoms with E-state index >= 15 is 0 Å². The van der Waals surface area contributed by atoms with E-state index in [0.717, 1.165) is 17.0 Å². The number of ether oxygens (including phenoxy) is 2. The van der Waals surface area contributed by atoms with Gasteiger partial charge in [-0.25, -0.2) is 4.79 Å². The van der Waals surface area contributed by atoms with Crippen molar-refractivity contribution in [1.82, 2.24) is 15.8 Å². The predicted molar refractivity (Wildman–Crippen MR) is 88.0 cm³/mol. The van der Waals surface area contributed by atoms with E-state index in [4.69, 9.17) is 14.0 Å². The Kier molecular flexibility index (Phi) is 4.71. The standard InChI is InChI=1S/C17H21N3O4/c1-3-18-16(21)19-17(10-23-11-17)9-13-8-15(24-20-13)12-4-6-14(22-2)7-5-12/h4-8H,3,9-11H2,1-2H3,(H2,18,19,21). The van der Waals surface area contributed by atoms with E-state index in [2.05, 4.69) is 15.8 Å². The molecule has 2 N–H and O–H groups in total. The number of nitrogens with one attached hydrogen (secondary N) is 2. The number of rotatable bonds is 6. The second kappa shape index (κ2) is 6.92. The van der Waals surface area contributed by atoms with E-state index in [9.17, 15) is 4.79 Å². The average Bonchev–Trinajstić information content (AvgIpc) is 3.01. The van der Waals surface area contributed by atoms with Gasteiger partial charge in [-0.05, 0) is 31.2 Å². The first-order valence-corrected chi connectivity index (χ1v) is 7.88. The minimum Gasteiger partial charge on any atom is -0.497 e. The zero-order chi connectivity index (χ0) is 17.0. The maximum absolute atomic E-state index is 11.8. The van der Waals surface area contributed by atoms with Gasteiger partial charge in [-0.3, -0.25) is 0 Å². The number of hydrogen-bond donors (Lipinski definition) is 2. The highest BCUT2D eigenvalue weighted by atomic mass is 16.5. The summed E-state index contributed by atoms with van der Waals surface area (Å²) in [5.41, 5.74) is 1.28. The Morgan fingerprint density at radius 2 is 2.08 bits per heavy atom. The molecule has 0 radical (unpaired) electrons. The van der Waals surface area contributed by atoms with E-state index in [0.29, 0.717) is 31.9 Å². The van der Waals surface area contributed by atoms with Crippen LogP contribution in [0.3, 0.4) is 0 Å². The normalized spacial score (nSPS) is 15.4. The molecule has 1 aliphatic rings. The fourth-order valence-electron chi connectivity index (χ4n) is 2.65. The number of carbonyl (C=O) groups is 1. The quantitative estimate of drug-likeness (QED) is 0.845. The number of nitrogens with zero attached hydrogens (tertiary/aromatic N) is 1. The second-order valence-corrected chi connectivity index (χ2v) is 5.85. The van der Waals surface area contributed by atoms with E-state index in [-0.39, 0.29) is 6.03 Å². The third-order valence-corrected chi connectivity index (χ3v) is 3.93. The third kappa shape index (κ3) is 3.51. The van der Waals surface area contributed by atoms with E-state index in [1.54, 1.807) is 7.11 Å². The molecule has 1 fully saturated rings. The van der Waals surface area contributed by atoms with Gasteiger partial charge in [-0.2, -0.15) is 0 Å². The zero-order valence-electron chi connectivity index (χ0n) is 13.8. The largest absolute Gasteiger partial charge is 0.497 e. The Balaban J connectivity index is 1.69. The Labute approximate surface area is 140 Å².